The van der Waals surface area contributed by atoms with E-state index in [-0.39, 0.29) is 0 Å². The minimum Gasteiger partial charge on any atom is -0.212 e. The second-order valence-corrected chi connectivity index (χ2v) is 3.71. The van der Waals surface area contributed by atoms with Gasteiger partial charge in [0.1, 0.15) is 4.60 Å². The summed E-state index contributed by atoms with van der Waals surface area (Å²) in [5.74, 6) is 0.911. The van der Waals surface area contributed by atoms with E-state index in [1.165, 1.54) is 0 Å². The fourth-order valence-corrected chi connectivity index (χ4v) is 1.66. The molecule has 0 saturated heterocycles. The fraction of sp³-hybridized carbons (Fsp3) is 0.333. The number of fused-ring (bicyclic) bond motifs is 1. The molecule has 0 fully saturated rings. The highest BCUT2D eigenvalue weighted by Gasteiger charge is 2.03. The van der Waals surface area contributed by atoms with E-state index < -0.39 is 0 Å². The maximum absolute atomic E-state index is 4.39. The third kappa shape index (κ3) is 1.58. The zero-order chi connectivity index (χ0) is 9.26. The molecule has 3 nitrogen and oxygen atoms in total. The van der Waals surface area contributed by atoms with Crippen LogP contribution in [0.3, 0.4) is 0 Å². The lowest BCUT2D eigenvalue weighted by atomic mass is 10.3. The molecule has 0 atom stereocenters. The van der Waals surface area contributed by atoms with Gasteiger partial charge in [-0.3, -0.25) is 0 Å². The van der Waals surface area contributed by atoms with Gasteiger partial charge in [0.15, 0.2) is 11.5 Å². The van der Waals surface area contributed by atoms with Crippen molar-refractivity contribution in [2.45, 2.75) is 19.8 Å². The van der Waals surface area contributed by atoms with Gasteiger partial charge in [-0.1, -0.05) is 13.0 Å². The molecule has 0 aliphatic rings. The van der Waals surface area contributed by atoms with Crippen LogP contribution in [-0.4, -0.2) is 14.6 Å². The summed E-state index contributed by atoms with van der Waals surface area (Å²) in [7, 11) is 0. The molecular weight excluding hydrogens is 230 g/mol. The third-order valence-electron chi connectivity index (χ3n) is 1.83. The first-order valence-electron chi connectivity index (χ1n) is 4.31. The van der Waals surface area contributed by atoms with Crippen LogP contribution in [0.2, 0.25) is 0 Å². The number of aryl methyl sites for hydroxylation is 1. The molecule has 0 saturated carbocycles. The second kappa shape index (κ2) is 3.46. The van der Waals surface area contributed by atoms with Crippen molar-refractivity contribution in [3.05, 3.63) is 28.6 Å². The summed E-state index contributed by atoms with van der Waals surface area (Å²) in [6.45, 7) is 2.13. The number of hydrogen-bond donors (Lipinski definition) is 0. The number of rotatable bonds is 2. The normalized spacial score (nSPS) is 10.9. The molecule has 0 aliphatic heterocycles. The Morgan fingerprint density at radius 3 is 3.00 bits per heavy atom. The molecular formula is C9H10BrN3. The first-order chi connectivity index (χ1) is 6.31. The van der Waals surface area contributed by atoms with Gasteiger partial charge in [0.25, 0.3) is 0 Å². The van der Waals surface area contributed by atoms with Crippen LogP contribution < -0.4 is 0 Å². The van der Waals surface area contributed by atoms with Crippen LogP contribution in [0.4, 0.5) is 0 Å². The van der Waals surface area contributed by atoms with Gasteiger partial charge in [-0.15, -0.1) is 0 Å². The SMILES string of the molecule is CCCc1nc2cccc(Br)n2n1. The molecule has 0 spiro atoms. The third-order valence-corrected chi connectivity index (χ3v) is 2.43. The van der Waals surface area contributed by atoms with Crippen molar-refractivity contribution in [1.29, 1.82) is 0 Å². The molecule has 0 N–H and O–H groups in total. The van der Waals surface area contributed by atoms with E-state index >= 15 is 0 Å². The summed E-state index contributed by atoms with van der Waals surface area (Å²) in [5, 5.41) is 4.36. The van der Waals surface area contributed by atoms with Crippen LogP contribution in [0.5, 0.6) is 0 Å². The van der Waals surface area contributed by atoms with E-state index in [0.29, 0.717) is 0 Å². The van der Waals surface area contributed by atoms with Crippen molar-refractivity contribution < 1.29 is 0 Å². The Hall–Kier alpha value is -0.900. The Labute approximate surface area is 84.9 Å². The van der Waals surface area contributed by atoms with Gasteiger partial charge >= 0.3 is 0 Å². The number of hydrogen-bond acceptors (Lipinski definition) is 2. The molecule has 2 aromatic heterocycles. The Bertz CT molecular complexity index is 422. The highest BCUT2D eigenvalue weighted by molar-refractivity contribution is 9.10. The molecule has 2 aromatic rings. The van der Waals surface area contributed by atoms with Gasteiger partial charge in [0, 0.05) is 6.42 Å². The predicted octanol–water partition coefficient (Wildman–Crippen LogP) is 2.44. The van der Waals surface area contributed by atoms with E-state index in [9.17, 15) is 0 Å². The number of nitrogens with zero attached hydrogens (tertiary/aromatic N) is 3. The highest BCUT2D eigenvalue weighted by atomic mass is 79.9. The van der Waals surface area contributed by atoms with Crippen LogP contribution >= 0.6 is 15.9 Å². The minimum absolute atomic E-state index is 0.901. The lowest BCUT2D eigenvalue weighted by Crippen LogP contribution is -1.90. The van der Waals surface area contributed by atoms with E-state index in [2.05, 4.69) is 32.9 Å². The maximum Gasteiger partial charge on any atom is 0.156 e. The van der Waals surface area contributed by atoms with E-state index in [4.69, 9.17) is 0 Å². The first-order valence-corrected chi connectivity index (χ1v) is 5.10. The van der Waals surface area contributed by atoms with Crippen molar-refractivity contribution in [2.75, 3.05) is 0 Å². The number of pyridine rings is 1. The summed E-state index contributed by atoms with van der Waals surface area (Å²) in [6, 6.07) is 5.87. The van der Waals surface area contributed by atoms with Crippen LogP contribution in [-0.2, 0) is 6.42 Å². The van der Waals surface area contributed by atoms with Gasteiger partial charge in [0.2, 0.25) is 0 Å². The van der Waals surface area contributed by atoms with Gasteiger partial charge < -0.3 is 0 Å². The average molecular weight is 240 g/mol. The van der Waals surface area contributed by atoms with Gasteiger partial charge in [-0.25, -0.2) is 9.50 Å². The topological polar surface area (TPSA) is 30.2 Å². The van der Waals surface area contributed by atoms with Gasteiger partial charge in [-0.2, -0.15) is 5.10 Å². The standard InChI is InChI=1S/C9H10BrN3/c1-2-4-8-11-9-6-3-5-7(10)13(9)12-8/h3,5-6H,2,4H2,1H3. The minimum atomic E-state index is 0.901. The van der Waals surface area contributed by atoms with Crippen LogP contribution in [0.1, 0.15) is 19.2 Å². The Morgan fingerprint density at radius 1 is 1.46 bits per heavy atom. The maximum atomic E-state index is 4.39. The summed E-state index contributed by atoms with van der Waals surface area (Å²) in [6.07, 6.45) is 2.02. The van der Waals surface area contributed by atoms with Crippen molar-refractivity contribution in [1.82, 2.24) is 14.6 Å². The summed E-state index contributed by atoms with van der Waals surface area (Å²) < 4.78 is 2.75. The Morgan fingerprint density at radius 2 is 2.31 bits per heavy atom. The zero-order valence-corrected chi connectivity index (χ0v) is 8.95. The molecule has 0 amide bonds. The summed E-state index contributed by atoms with van der Waals surface area (Å²) in [5.41, 5.74) is 0.901. The average Bonchev–Trinajstić information content (AvgIpc) is 2.49. The quantitative estimate of drug-likeness (QED) is 0.754. The van der Waals surface area contributed by atoms with Gasteiger partial charge in [0.05, 0.1) is 0 Å². The van der Waals surface area contributed by atoms with Crippen LogP contribution in [0, 0.1) is 0 Å². The first kappa shape index (κ1) is 8.69. The molecule has 0 aromatic carbocycles. The monoisotopic (exact) mass is 239 g/mol. The van der Waals surface area contributed by atoms with Crippen molar-refractivity contribution in [3.63, 3.8) is 0 Å². The lowest BCUT2D eigenvalue weighted by Gasteiger charge is -1.92. The highest BCUT2D eigenvalue weighted by Crippen LogP contribution is 2.11. The summed E-state index contributed by atoms with van der Waals surface area (Å²) in [4.78, 5) is 4.39. The molecule has 0 aliphatic carbocycles. The second-order valence-electron chi connectivity index (χ2n) is 2.90. The van der Waals surface area contributed by atoms with Crippen molar-refractivity contribution in [2.24, 2.45) is 0 Å². The van der Waals surface area contributed by atoms with Crippen molar-refractivity contribution >= 4 is 21.6 Å². The molecule has 68 valence electrons. The zero-order valence-electron chi connectivity index (χ0n) is 7.37. The largest absolute Gasteiger partial charge is 0.212 e. The van der Waals surface area contributed by atoms with E-state index in [0.717, 1.165) is 28.9 Å². The predicted molar refractivity (Wildman–Crippen MR) is 54.7 cm³/mol. The van der Waals surface area contributed by atoms with Crippen molar-refractivity contribution in [3.8, 4) is 0 Å². The lowest BCUT2D eigenvalue weighted by molar-refractivity contribution is 0.813. The molecule has 13 heavy (non-hydrogen) atoms. The summed E-state index contributed by atoms with van der Waals surface area (Å²) >= 11 is 3.42. The van der Waals surface area contributed by atoms with Gasteiger partial charge in [-0.05, 0) is 34.5 Å². The molecule has 2 rings (SSSR count). The van der Waals surface area contributed by atoms with E-state index in [1.54, 1.807) is 0 Å². The Kier molecular flexibility index (Phi) is 2.31. The molecule has 0 unspecified atom stereocenters. The molecule has 4 heteroatoms. The number of aromatic nitrogens is 3. The van der Waals surface area contributed by atoms with E-state index in [1.807, 2.05) is 22.7 Å². The Balaban J connectivity index is 2.55. The van der Waals surface area contributed by atoms with Crippen LogP contribution in [0.25, 0.3) is 5.65 Å². The smallest absolute Gasteiger partial charge is 0.156 e. The number of halogens is 1. The van der Waals surface area contributed by atoms with Crippen LogP contribution in [0.15, 0.2) is 22.8 Å². The fourth-order valence-electron chi connectivity index (χ4n) is 1.25. The molecule has 2 heterocycles. The molecule has 0 radical (unpaired) electrons. The molecule has 0 bridgehead atoms.